The summed E-state index contributed by atoms with van der Waals surface area (Å²) in [5.74, 6) is -0.300. The summed E-state index contributed by atoms with van der Waals surface area (Å²) in [4.78, 5) is 13.5. The van der Waals surface area contributed by atoms with Crippen molar-refractivity contribution >= 4 is 17.5 Å². The standard InChI is InChI=1S/C15H21ClFN3O/c1-18-14(21)10-20-7-5-12(6-8-20)19-9-11-3-2-4-13(16)15(11)17/h2-4,12,19H,5-10H2,1H3,(H,18,21). The number of nitrogens with zero attached hydrogens (tertiary/aromatic N) is 1. The minimum atomic E-state index is -0.344. The van der Waals surface area contributed by atoms with Gasteiger partial charge in [0.05, 0.1) is 11.6 Å². The summed E-state index contributed by atoms with van der Waals surface area (Å²) in [5, 5.41) is 6.16. The lowest BCUT2D eigenvalue weighted by atomic mass is 10.0. The van der Waals surface area contributed by atoms with Gasteiger partial charge >= 0.3 is 0 Å². The summed E-state index contributed by atoms with van der Waals surface area (Å²) >= 11 is 5.77. The molecule has 0 aliphatic carbocycles. The smallest absolute Gasteiger partial charge is 0.233 e. The number of carbonyl (C=O) groups excluding carboxylic acids is 1. The average Bonchev–Trinajstić information content (AvgIpc) is 2.50. The van der Waals surface area contributed by atoms with Gasteiger partial charge in [-0.05, 0) is 18.9 Å². The van der Waals surface area contributed by atoms with E-state index in [1.807, 2.05) is 0 Å². The second-order valence-corrected chi connectivity index (χ2v) is 5.72. The van der Waals surface area contributed by atoms with Crippen LogP contribution in [0.3, 0.4) is 0 Å². The molecular weight excluding hydrogens is 293 g/mol. The first-order valence-corrected chi connectivity index (χ1v) is 7.57. The summed E-state index contributed by atoms with van der Waals surface area (Å²) in [6.45, 7) is 2.69. The first kappa shape index (κ1) is 16.2. The second kappa shape index (κ2) is 7.73. The van der Waals surface area contributed by atoms with Crippen molar-refractivity contribution in [1.82, 2.24) is 15.5 Å². The second-order valence-electron chi connectivity index (χ2n) is 5.32. The Morgan fingerprint density at radius 1 is 1.43 bits per heavy atom. The average molecular weight is 314 g/mol. The van der Waals surface area contributed by atoms with Crippen molar-refractivity contribution in [2.24, 2.45) is 0 Å². The quantitative estimate of drug-likeness (QED) is 0.871. The minimum absolute atomic E-state index is 0.0439. The fourth-order valence-corrected chi connectivity index (χ4v) is 2.71. The van der Waals surface area contributed by atoms with E-state index in [1.165, 1.54) is 0 Å². The normalized spacial score (nSPS) is 16.9. The van der Waals surface area contributed by atoms with Crippen LogP contribution in [0.15, 0.2) is 18.2 Å². The molecule has 0 aromatic heterocycles. The third-order valence-corrected chi connectivity index (χ3v) is 4.14. The molecule has 0 spiro atoms. The summed E-state index contributed by atoms with van der Waals surface area (Å²) in [7, 11) is 1.65. The zero-order valence-electron chi connectivity index (χ0n) is 12.2. The molecule has 1 aromatic rings. The molecule has 0 saturated carbocycles. The molecule has 1 amide bonds. The molecule has 6 heteroatoms. The number of benzene rings is 1. The minimum Gasteiger partial charge on any atom is -0.358 e. The number of carbonyl (C=O) groups is 1. The van der Waals surface area contributed by atoms with Gasteiger partial charge in [0.25, 0.3) is 0 Å². The van der Waals surface area contributed by atoms with Crippen LogP contribution in [0.25, 0.3) is 0 Å². The van der Waals surface area contributed by atoms with Gasteiger partial charge in [0.15, 0.2) is 0 Å². The number of likely N-dealkylation sites (N-methyl/N-ethyl adjacent to an activating group) is 1. The van der Waals surface area contributed by atoms with Crippen molar-refractivity contribution in [2.45, 2.75) is 25.4 Å². The van der Waals surface area contributed by atoms with E-state index in [-0.39, 0.29) is 16.7 Å². The van der Waals surface area contributed by atoms with E-state index in [0.29, 0.717) is 24.7 Å². The van der Waals surface area contributed by atoms with Gasteiger partial charge in [0, 0.05) is 38.3 Å². The molecule has 1 fully saturated rings. The van der Waals surface area contributed by atoms with E-state index in [2.05, 4.69) is 15.5 Å². The van der Waals surface area contributed by atoms with E-state index >= 15 is 0 Å². The van der Waals surface area contributed by atoms with Crippen LogP contribution >= 0.6 is 11.6 Å². The zero-order valence-corrected chi connectivity index (χ0v) is 12.9. The molecule has 2 N–H and O–H groups in total. The maximum absolute atomic E-state index is 13.8. The highest BCUT2D eigenvalue weighted by molar-refractivity contribution is 6.30. The summed E-state index contributed by atoms with van der Waals surface area (Å²) in [6, 6.07) is 5.41. The SMILES string of the molecule is CNC(=O)CN1CCC(NCc2cccc(Cl)c2F)CC1. The van der Waals surface area contributed by atoms with Gasteiger partial charge in [-0.3, -0.25) is 9.69 Å². The topological polar surface area (TPSA) is 44.4 Å². The van der Waals surface area contributed by atoms with Gasteiger partial charge < -0.3 is 10.6 Å². The summed E-state index contributed by atoms with van der Waals surface area (Å²) < 4.78 is 13.8. The molecule has 4 nitrogen and oxygen atoms in total. The molecule has 1 aliphatic rings. The van der Waals surface area contributed by atoms with Gasteiger partial charge in [-0.2, -0.15) is 0 Å². The van der Waals surface area contributed by atoms with Crippen LogP contribution < -0.4 is 10.6 Å². The predicted molar refractivity (Wildman–Crippen MR) is 81.8 cm³/mol. The summed E-state index contributed by atoms with van der Waals surface area (Å²) in [6.07, 6.45) is 1.92. The molecule has 21 heavy (non-hydrogen) atoms. The number of likely N-dealkylation sites (tertiary alicyclic amines) is 1. The number of halogens is 2. The Balaban J connectivity index is 1.76. The first-order valence-electron chi connectivity index (χ1n) is 7.19. The molecule has 1 saturated heterocycles. The fraction of sp³-hybridized carbons (Fsp3) is 0.533. The van der Waals surface area contributed by atoms with Crippen molar-refractivity contribution < 1.29 is 9.18 Å². The van der Waals surface area contributed by atoms with Crippen molar-refractivity contribution in [3.05, 3.63) is 34.6 Å². The van der Waals surface area contributed by atoms with Crippen molar-refractivity contribution in [1.29, 1.82) is 0 Å². The molecular formula is C15H21ClFN3O. The highest BCUT2D eigenvalue weighted by atomic mass is 35.5. The molecule has 1 aromatic carbocycles. The van der Waals surface area contributed by atoms with Crippen molar-refractivity contribution in [3.8, 4) is 0 Å². The van der Waals surface area contributed by atoms with Crippen molar-refractivity contribution in [2.75, 3.05) is 26.7 Å². The van der Waals surface area contributed by atoms with Crippen LogP contribution in [-0.4, -0.2) is 43.5 Å². The molecule has 0 radical (unpaired) electrons. The van der Waals surface area contributed by atoms with Crippen LogP contribution in [0.2, 0.25) is 5.02 Å². The van der Waals surface area contributed by atoms with Crippen LogP contribution in [0.5, 0.6) is 0 Å². The Morgan fingerprint density at radius 3 is 2.81 bits per heavy atom. The number of nitrogens with one attached hydrogen (secondary N) is 2. The molecule has 116 valence electrons. The predicted octanol–water partition coefficient (Wildman–Crippen LogP) is 1.78. The Morgan fingerprint density at radius 2 is 2.14 bits per heavy atom. The van der Waals surface area contributed by atoms with Crippen LogP contribution in [0.1, 0.15) is 18.4 Å². The van der Waals surface area contributed by atoms with Crippen LogP contribution in [0.4, 0.5) is 4.39 Å². The van der Waals surface area contributed by atoms with E-state index in [9.17, 15) is 9.18 Å². The monoisotopic (exact) mass is 313 g/mol. The Bertz CT molecular complexity index is 490. The largest absolute Gasteiger partial charge is 0.358 e. The third-order valence-electron chi connectivity index (χ3n) is 3.85. The van der Waals surface area contributed by atoms with E-state index in [0.717, 1.165) is 25.9 Å². The number of hydrogen-bond donors (Lipinski definition) is 2. The van der Waals surface area contributed by atoms with Gasteiger partial charge in [-0.15, -0.1) is 0 Å². The molecule has 0 atom stereocenters. The fourth-order valence-electron chi connectivity index (χ4n) is 2.52. The van der Waals surface area contributed by atoms with Crippen LogP contribution in [0, 0.1) is 5.82 Å². The maximum atomic E-state index is 13.8. The highest BCUT2D eigenvalue weighted by Gasteiger charge is 2.20. The van der Waals surface area contributed by atoms with Gasteiger partial charge in [0.1, 0.15) is 5.82 Å². The number of hydrogen-bond acceptors (Lipinski definition) is 3. The number of piperidine rings is 1. The van der Waals surface area contributed by atoms with Crippen LogP contribution in [-0.2, 0) is 11.3 Å². The van der Waals surface area contributed by atoms with E-state index < -0.39 is 0 Å². The Kier molecular flexibility index (Phi) is 5.96. The van der Waals surface area contributed by atoms with Crippen molar-refractivity contribution in [3.63, 3.8) is 0 Å². The lowest BCUT2D eigenvalue weighted by Crippen LogP contribution is -2.45. The molecule has 0 bridgehead atoms. The highest BCUT2D eigenvalue weighted by Crippen LogP contribution is 2.18. The lowest BCUT2D eigenvalue weighted by molar-refractivity contribution is -0.122. The Hall–Kier alpha value is -1.17. The van der Waals surface area contributed by atoms with Gasteiger partial charge in [-0.25, -0.2) is 4.39 Å². The molecule has 0 unspecified atom stereocenters. The Labute approximate surface area is 129 Å². The van der Waals surface area contributed by atoms with Gasteiger partial charge in [0.2, 0.25) is 5.91 Å². The summed E-state index contributed by atoms with van der Waals surface area (Å²) in [5.41, 5.74) is 0.593. The molecule has 2 rings (SSSR count). The molecule has 1 aliphatic heterocycles. The maximum Gasteiger partial charge on any atom is 0.233 e. The number of amides is 1. The van der Waals surface area contributed by atoms with E-state index in [1.54, 1.807) is 25.2 Å². The molecule has 1 heterocycles. The zero-order chi connectivity index (χ0) is 15.2. The first-order chi connectivity index (χ1) is 10.1. The van der Waals surface area contributed by atoms with E-state index in [4.69, 9.17) is 11.6 Å². The lowest BCUT2D eigenvalue weighted by Gasteiger charge is -2.31. The third kappa shape index (κ3) is 4.66. The number of rotatable bonds is 5. The van der Waals surface area contributed by atoms with Gasteiger partial charge in [-0.1, -0.05) is 23.7 Å².